The summed E-state index contributed by atoms with van der Waals surface area (Å²) < 4.78 is 5.04. The van der Waals surface area contributed by atoms with Gasteiger partial charge in [-0.05, 0) is 19.2 Å². The minimum atomic E-state index is -0.420. The Morgan fingerprint density at radius 2 is 2.00 bits per heavy atom. The molecule has 0 saturated heterocycles. The third kappa shape index (κ3) is 3.90. The average molecular weight is 183 g/mol. The third-order valence-electron chi connectivity index (χ3n) is 1.78. The lowest BCUT2D eigenvalue weighted by Crippen LogP contribution is -2.36. The fourth-order valence-electron chi connectivity index (χ4n) is 1.02. The van der Waals surface area contributed by atoms with Crippen molar-refractivity contribution in [3.63, 3.8) is 0 Å². The summed E-state index contributed by atoms with van der Waals surface area (Å²) in [5.74, 6) is -0.420. The first-order valence-corrected chi connectivity index (χ1v) is 4.39. The van der Waals surface area contributed by atoms with E-state index in [-0.39, 0.29) is 6.23 Å². The quantitative estimate of drug-likeness (QED) is 0.271. The Kier molecular flexibility index (Phi) is 5.89. The lowest BCUT2D eigenvalue weighted by molar-refractivity contribution is -0.148. The van der Waals surface area contributed by atoms with E-state index in [1.807, 2.05) is 18.7 Å². The third-order valence-corrected chi connectivity index (χ3v) is 1.78. The van der Waals surface area contributed by atoms with Gasteiger partial charge in [-0.2, -0.15) is 0 Å². The van der Waals surface area contributed by atoms with Gasteiger partial charge in [-0.3, -0.25) is 4.90 Å². The Morgan fingerprint density at radius 1 is 1.46 bits per heavy atom. The highest BCUT2D eigenvalue weighted by molar-refractivity contribution is 5.81. The zero-order chi connectivity index (χ0) is 10.3. The molecule has 0 aromatic heterocycles. The molecule has 13 heavy (non-hydrogen) atoms. The zero-order valence-electron chi connectivity index (χ0n) is 8.32. The molecule has 0 heterocycles. The largest absolute Gasteiger partial charge is 0.440 e. The number of hydrogen-bond donors (Lipinski definition) is 0. The average Bonchev–Trinajstić information content (AvgIpc) is 2.17. The van der Waals surface area contributed by atoms with Gasteiger partial charge in [0.2, 0.25) is 0 Å². The van der Waals surface area contributed by atoms with E-state index in [0.29, 0.717) is 0 Å². The number of hydrogen-bond acceptors (Lipinski definition) is 3. The van der Waals surface area contributed by atoms with Crippen molar-refractivity contribution in [2.24, 2.45) is 0 Å². The first-order chi connectivity index (χ1) is 6.19. The molecular weight excluding hydrogens is 166 g/mol. The molecule has 0 aliphatic carbocycles. The molecule has 0 radical (unpaired) electrons. The Morgan fingerprint density at radius 3 is 2.31 bits per heavy atom. The molecule has 0 saturated carbocycles. The molecule has 1 atom stereocenters. The van der Waals surface area contributed by atoms with Crippen LogP contribution in [-0.4, -0.2) is 30.2 Å². The van der Waals surface area contributed by atoms with Crippen LogP contribution in [0.15, 0.2) is 25.3 Å². The van der Waals surface area contributed by atoms with Crippen molar-refractivity contribution in [1.29, 1.82) is 0 Å². The van der Waals surface area contributed by atoms with Crippen LogP contribution in [0.5, 0.6) is 0 Å². The first-order valence-electron chi connectivity index (χ1n) is 4.39. The lowest BCUT2D eigenvalue weighted by Gasteiger charge is -2.25. The molecule has 0 aromatic rings. The standard InChI is InChI=1S/C10H17NO2/c1-5-9(11(7-3)8-4)13-10(12)6-2/h5-6,9H,1-2,7-8H2,3-4H3. The predicted octanol–water partition coefficient (Wildman–Crippen LogP) is 1.57. The van der Waals surface area contributed by atoms with Crippen LogP contribution in [0.4, 0.5) is 0 Å². The first kappa shape index (κ1) is 11.9. The molecule has 0 rings (SSSR count). The highest BCUT2D eigenvalue weighted by Crippen LogP contribution is 2.02. The number of carbonyl (C=O) groups excluding carboxylic acids is 1. The van der Waals surface area contributed by atoms with Gasteiger partial charge in [-0.25, -0.2) is 4.79 Å². The monoisotopic (exact) mass is 183 g/mol. The summed E-state index contributed by atoms with van der Waals surface area (Å²) in [4.78, 5) is 12.9. The van der Waals surface area contributed by atoms with Crippen molar-refractivity contribution in [1.82, 2.24) is 4.90 Å². The molecule has 0 spiro atoms. The second-order valence-electron chi connectivity index (χ2n) is 2.49. The van der Waals surface area contributed by atoms with E-state index in [2.05, 4.69) is 13.2 Å². The molecule has 3 heteroatoms. The Hall–Kier alpha value is -1.09. The summed E-state index contributed by atoms with van der Waals surface area (Å²) in [5, 5.41) is 0. The van der Waals surface area contributed by atoms with Crippen LogP contribution in [0.3, 0.4) is 0 Å². The van der Waals surface area contributed by atoms with Gasteiger partial charge < -0.3 is 4.74 Å². The van der Waals surface area contributed by atoms with E-state index in [9.17, 15) is 4.79 Å². The molecular formula is C10H17NO2. The Bertz CT molecular complexity index is 185. The summed E-state index contributed by atoms with van der Waals surface area (Å²) in [6, 6.07) is 0. The minimum absolute atomic E-state index is 0.347. The van der Waals surface area contributed by atoms with Gasteiger partial charge in [0, 0.05) is 6.08 Å². The molecule has 0 amide bonds. The van der Waals surface area contributed by atoms with Crippen molar-refractivity contribution in [3.8, 4) is 0 Å². The molecule has 0 aliphatic rings. The second kappa shape index (κ2) is 6.43. The molecule has 0 aliphatic heterocycles. The molecule has 0 fully saturated rings. The summed E-state index contributed by atoms with van der Waals surface area (Å²) in [6.45, 7) is 12.6. The van der Waals surface area contributed by atoms with Crippen LogP contribution in [0.25, 0.3) is 0 Å². The van der Waals surface area contributed by atoms with Gasteiger partial charge in [0.25, 0.3) is 0 Å². The molecule has 74 valence electrons. The number of esters is 1. The number of likely N-dealkylation sites (N-methyl/N-ethyl adjacent to an activating group) is 1. The van der Waals surface area contributed by atoms with Crippen LogP contribution in [0.2, 0.25) is 0 Å². The van der Waals surface area contributed by atoms with Gasteiger partial charge in [0.15, 0.2) is 6.23 Å². The second-order valence-corrected chi connectivity index (χ2v) is 2.49. The van der Waals surface area contributed by atoms with Crippen LogP contribution < -0.4 is 0 Å². The van der Waals surface area contributed by atoms with Crippen molar-refractivity contribution in [2.75, 3.05) is 13.1 Å². The van der Waals surface area contributed by atoms with Crippen molar-refractivity contribution >= 4 is 5.97 Å². The summed E-state index contributed by atoms with van der Waals surface area (Å²) in [5.41, 5.74) is 0. The number of carbonyl (C=O) groups is 1. The molecule has 0 bridgehead atoms. The van der Waals surface area contributed by atoms with Crippen molar-refractivity contribution in [3.05, 3.63) is 25.3 Å². The van der Waals surface area contributed by atoms with Gasteiger partial charge >= 0.3 is 5.97 Å². The highest BCUT2D eigenvalue weighted by atomic mass is 16.6. The van der Waals surface area contributed by atoms with E-state index in [0.717, 1.165) is 19.2 Å². The van der Waals surface area contributed by atoms with Gasteiger partial charge in [0.1, 0.15) is 0 Å². The summed E-state index contributed by atoms with van der Waals surface area (Å²) >= 11 is 0. The molecule has 0 N–H and O–H groups in total. The van der Waals surface area contributed by atoms with Crippen molar-refractivity contribution < 1.29 is 9.53 Å². The fourth-order valence-corrected chi connectivity index (χ4v) is 1.02. The molecule has 1 unspecified atom stereocenters. The Labute approximate surface area is 79.7 Å². The van der Waals surface area contributed by atoms with E-state index in [1.165, 1.54) is 0 Å². The number of nitrogens with zero attached hydrogens (tertiary/aromatic N) is 1. The fraction of sp³-hybridized carbons (Fsp3) is 0.500. The number of rotatable bonds is 6. The van der Waals surface area contributed by atoms with Crippen molar-refractivity contribution in [2.45, 2.75) is 20.1 Å². The van der Waals surface area contributed by atoms with E-state index in [1.54, 1.807) is 6.08 Å². The molecule has 0 aromatic carbocycles. The maximum absolute atomic E-state index is 10.9. The summed E-state index contributed by atoms with van der Waals surface area (Å²) in [6.07, 6.45) is 2.41. The van der Waals surface area contributed by atoms with Gasteiger partial charge in [0.05, 0.1) is 0 Å². The SMILES string of the molecule is C=CC(=O)OC(C=C)N(CC)CC. The predicted molar refractivity (Wildman–Crippen MR) is 53.2 cm³/mol. The lowest BCUT2D eigenvalue weighted by atomic mass is 10.4. The van der Waals surface area contributed by atoms with Gasteiger partial charge in [-0.15, -0.1) is 0 Å². The zero-order valence-corrected chi connectivity index (χ0v) is 8.32. The summed E-state index contributed by atoms with van der Waals surface area (Å²) in [7, 11) is 0. The normalized spacial score (nSPS) is 12.2. The maximum Gasteiger partial charge on any atom is 0.331 e. The van der Waals surface area contributed by atoms with E-state index >= 15 is 0 Å². The molecule has 3 nitrogen and oxygen atoms in total. The highest BCUT2D eigenvalue weighted by Gasteiger charge is 2.14. The minimum Gasteiger partial charge on any atom is -0.440 e. The Balaban J connectivity index is 4.22. The van der Waals surface area contributed by atoms with Crippen LogP contribution >= 0.6 is 0 Å². The van der Waals surface area contributed by atoms with E-state index < -0.39 is 5.97 Å². The number of ether oxygens (including phenoxy) is 1. The van der Waals surface area contributed by atoms with Crippen LogP contribution in [-0.2, 0) is 9.53 Å². The smallest absolute Gasteiger partial charge is 0.331 e. The van der Waals surface area contributed by atoms with E-state index in [4.69, 9.17) is 4.74 Å². The van der Waals surface area contributed by atoms with Crippen LogP contribution in [0.1, 0.15) is 13.8 Å². The topological polar surface area (TPSA) is 29.5 Å². The maximum atomic E-state index is 10.9. The van der Waals surface area contributed by atoms with Crippen LogP contribution in [0, 0.1) is 0 Å². The van der Waals surface area contributed by atoms with Gasteiger partial charge in [-0.1, -0.05) is 27.0 Å².